The molecule has 98 valence electrons. The highest BCUT2D eigenvalue weighted by molar-refractivity contribution is 5.61. The number of hydrogen-bond acceptors (Lipinski definition) is 6. The molecule has 0 bridgehead atoms. The van der Waals surface area contributed by atoms with Crippen molar-refractivity contribution in [3.05, 3.63) is 0 Å². The van der Waals surface area contributed by atoms with Crippen LogP contribution in [0.3, 0.4) is 0 Å². The van der Waals surface area contributed by atoms with Crippen LogP contribution >= 0.6 is 0 Å². The first kappa shape index (κ1) is 13.6. The Kier molecular flexibility index (Phi) is 4.56. The smallest absolute Gasteiger partial charge is 0.450 e. The van der Waals surface area contributed by atoms with E-state index in [2.05, 4.69) is 9.47 Å². The first-order valence-corrected chi connectivity index (χ1v) is 5.46. The molecular formula is C10H16O7. The standard InChI is InChI=1S/C8H10O7.C2H6/c1-3-5(14-7(9)10)6-4(13-3)2-12-8(11)15-6;1-2/h3-6H,2H2,1H3,(H,9,10);1-2H3/t3-,4?,5+,6+;/m1./s1. The molecule has 4 atom stereocenters. The first-order chi connectivity index (χ1) is 8.08. The molecule has 0 radical (unpaired) electrons. The third kappa shape index (κ3) is 3.00. The number of carboxylic acid groups (broad SMARTS) is 1. The predicted octanol–water partition coefficient (Wildman–Crippen LogP) is 1.40. The van der Waals surface area contributed by atoms with E-state index in [0.29, 0.717) is 0 Å². The van der Waals surface area contributed by atoms with E-state index in [-0.39, 0.29) is 6.61 Å². The third-order valence-electron chi connectivity index (χ3n) is 2.38. The number of carbonyl (C=O) groups is 2. The lowest BCUT2D eigenvalue weighted by Crippen LogP contribution is -2.44. The van der Waals surface area contributed by atoms with Crippen molar-refractivity contribution in [2.45, 2.75) is 45.2 Å². The second-order valence-electron chi connectivity index (χ2n) is 3.37. The fourth-order valence-corrected chi connectivity index (χ4v) is 1.76. The van der Waals surface area contributed by atoms with Gasteiger partial charge in [-0.2, -0.15) is 0 Å². The molecule has 2 fully saturated rings. The third-order valence-corrected chi connectivity index (χ3v) is 2.38. The summed E-state index contributed by atoms with van der Waals surface area (Å²) in [5, 5.41) is 8.50. The SMILES string of the molecule is CC.C[C@H]1OC2COC(=O)O[C@@H]2[C@H]1OC(=O)O. The average molecular weight is 248 g/mol. The van der Waals surface area contributed by atoms with E-state index >= 15 is 0 Å². The van der Waals surface area contributed by atoms with Gasteiger partial charge in [0.25, 0.3) is 0 Å². The van der Waals surface area contributed by atoms with Crippen LogP contribution in [-0.2, 0) is 18.9 Å². The van der Waals surface area contributed by atoms with Gasteiger partial charge in [0.1, 0.15) is 12.7 Å². The molecule has 0 spiro atoms. The lowest BCUT2D eigenvalue weighted by molar-refractivity contribution is -0.0954. The topological polar surface area (TPSA) is 91.3 Å². The number of cyclic esters (lactones) is 1. The molecule has 0 aromatic carbocycles. The Hall–Kier alpha value is -1.50. The number of carbonyl (C=O) groups excluding carboxylic acids is 1. The highest BCUT2D eigenvalue weighted by Gasteiger charge is 2.50. The van der Waals surface area contributed by atoms with Crippen molar-refractivity contribution in [3.63, 3.8) is 0 Å². The largest absolute Gasteiger partial charge is 0.508 e. The van der Waals surface area contributed by atoms with Crippen molar-refractivity contribution in [1.29, 1.82) is 0 Å². The van der Waals surface area contributed by atoms with Crippen LogP contribution in [0.2, 0.25) is 0 Å². The minimum absolute atomic E-state index is 0.0628. The van der Waals surface area contributed by atoms with Gasteiger partial charge < -0.3 is 24.1 Å². The van der Waals surface area contributed by atoms with Crippen molar-refractivity contribution >= 4 is 12.3 Å². The van der Waals surface area contributed by atoms with Gasteiger partial charge in [0.05, 0.1) is 6.10 Å². The summed E-state index contributed by atoms with van der Waals surface area (Å²) in [7, 11) is 0. The van der Waals surface area contributed by atoms with Crippen LogP contribution in [0.4, 0.5) is 9.59 Å². The minimum Gasteiger partial charge on any atom is -0.450 e. The Bertz CT molecular complexity index is 288. The molecule has 0 aromatic rings. The first-order valence-electron chi connectivity index (χ1n) is 5.46. The van der Waals surface area contributed by atoms with E-state index < -0.39 is 36.7 Å². The summed E-state index contributed by atoms with van der Waals surface area (Å²) in [6.07, 6.45) is -4.66. The zero-order valence-electron chi connectivity index (χ0n) is 9.91. The van der Waals surface area contributed by atoms with Gasteiger partial charge >= 0.3 is 12.3 Å². The van der Waals surface area contributed by atoms with Gasteiger partial charge in [0, 0.05) is 0 Å². The molecular weight excluding hydrogens is 232 g/mol. The van der Waals surface area contributed by atoms with E-state index in [4.69, 9.17) is 14.6 Å². The summed E-state index contributed by atoms with van der Waals surface area (Å²) >= 11 is 0. The summed E-state index contributed by atoms with van der Waals surface area (Å²) in [6.45, 7) is 5.72. The Morgan fingerprint density at radius 3 is 2.71 bits per heavy atom. The quantitative estimate of drug-likeness (QED) is 0.701. The van der Waals surface area contributed by atoms with Gasteiger partial charge in [0.2, 0.25) is 0 Å². The number of hydrogen-bond donors (Lipinski definition) is 1. The molecule has 0 aromatic heterocycles. The summed E-state index contributed by atoms with van der Waals surface area (Å²) in [5.74, 6) is 0. The van der Waals surface area contributed by atoms with Crippen LogP contribution < -0.4 is 0 Å². The van der Waals surface area contributed by atoms with E-state index in [1.807, 2.05) is 13.8 Å². The zero-order chi connectivity index (χ0) is 13.0. The molecule has 1 unspecified atom stereocenters. The lowest BCUT2D eigenvalue weighted by atomic mass is 10.1. The maximum absolute atomic E-state index is 10.8. The van der Waals surface area contributed by atoms with Crippen LogP contribution in [0.15, 0.2) is 0 Å². The minimum atomic E-state index is -1.42. The van der Waals surface area contributed by atoms with Crippen LogP contribution in [-0.4, -0.2) is 48.4 Å². The predicted molar refractivity (Wildman–Crippen MR) is 54.8 cm³/mol. The fraction of sp³-hybridized carbons (Fsp3) is 0.800. The summed E-state index contributed by atoms with van der Waals surface area (Å²) in [4.78, 5) is 21.2. The zero-order valence-corrected chi connectivity index (χ0v) is 9.91. The van der Waals surface area contributed by atoms with Crippen molar-refractivity contribution in [2.75, 3.05) is 6.61 Å². The van der Waals surface area contributed by atoms with E-state index in [0.717, 1.165) is 0 Å². The molecule has 2 aliphatic heterocycles. The summed E-state index contributed by atoms with van der Waals surface area (Å²) in [5.41, 5.74) is 0. The second-order valence-corrected chi connectivity index (χ2v) is 3.37. The monoisotopic (exact) mass is 248 g/mol. The fourth-order valence-electron chi connectivity index (χ4n) is 1.76. The molecule has 2 heterocycles. The molecule has 0 saturated carbocycles. The van der Waals surface area contributed by atoms with Crippen LogP contribution in [0.25, 0.3) is 0 Å². The van der Waals surface area contributed by atoms with Crippen LogP contribution in [0.5, 0.6) is 0 Å². The molecule has 7 nitrogen and oxygen atoms in total. The Morgan fingerprint density at radius 2 is 2.12 bits per heavy atom. The van der Waals surface area contributed by atoms with Gasteiger partial charge in [-0.3, -0.25) is 0 Å². The van der Waals surface area contributed by atoms with Crippen LogP contribution in [0, 0.1) is 0 Å². The molecule has 0 amide bonds. The summed E-state index contributed by atoms with van der Waals surface area (Å²) < 4.78 is 19.4. The van der Waals surface area contributed by atoms with E-state index in [1.54, 1.807) is 6.92 Å². The Labute approximate surface area is 98.6 Å². The van der Waals surface area contributed by atoms with Crippen molar-refractivity contribution in [3.8, 4) is 0 Å². The second kappa shape index (κ2) is 5.72. The number of rotatable bonds is 1. The van der Waals surface area contributed by atoms with Gasteiger partial charge in [-0.1, -0.05) is 13.8 Å². The van der Waals surface area contributed by atoms with Gasteiger partial charge in [-0.15, -0.1) is 0 Å². The highest BCUT2D eigenvalue weighted by Crippen LogP contribution is 2.29. The van der Waals surface area contributed by atoms with Crippen LogP contribution in [0.1, 0.15) is 20.8 Å². The lowest BCUT2D eigenvalue weighted by Gasteiger charge is -2.25. The average Bonchev–Trinajstić information content (AvgIpc) is 2.58. The molecule has 1 N–H and O–H groups in total. The maximum Gasteiger partial charge on any atom is 0.508 e. The number of fused-ring (bicyclic) bond motifs is 1. The molecule has 2 saturated heterocycles. The van der Waals surface area contributed by atoms with Crippen molar-refractivity contribution in [1.82, 2.24) is 0 Å². The van der Waals surface area contributed by atoms with Crippen molar-refractivity contribution < 1.29 is 33.6 Å². The van der Waals surface area contributed by atoms with Gasteiger partial charge in [-0.05, 0) is 6.92 Å². The molecule has 2 rings (SSSR count). The maximum atomic E-state index is 10.8. The Balaban J connectivity index is 0.000000686. The molecule has 7 heteroatoms. The Morgan fingerprint density at radius 1 is 1.47 bits per heavy atom. The van der Waals surface area contributed by atoms with Gasteiger partial charge in [0.15, 0.2) is 12.2 Å². The van der Waals surface area contributed by atoms with Crippen molar-refractivity contribution in [2.24, 2.45) is 0 Å². The van der Waals surface area contributed by atoms with Gasteiger partial charge in [-0.25, -0.2) is 9.59 Å². The van der Waals surface area contributed by atoms with E-state index in [1.165, 1.54) is 0 Å². The molecule has 17 heavy (non-hydrogen) atoms. The highest BCUT2D eigenvalue weighted by atomic mass is 16.8. The number of ether oxygens (including phenoxy) is 4. The molecule has 0 aliphatic carbocycles. The molecule has 2 aliphatic rings. The van der Waals surface area contributed by atoms with E-state index in [9.17, 15) is 9.59 Å². The summed E-state index contributed by atoms with van der Waals surface area (Å²) in [6, 6.07) is 0. The normalized spacial score (nSPS) is 34.6.